The number of hydrogen-bond donors (Lipinski definition) is 0. The molecule has 94 valence electrons. The number of carbonyl (C=O) groups excluding carboxylic acids is 1. The van der Waals surface area contributed by atoms with Gasteiger partial charge in [0, 0.05) is 6.61 Å². The molecule has 0 fully saturated rings. The predicted octanol–water partition coefficient (Wildman–Crippen LogP) is 3.93. The lowest BCUT2D eigenvalue weighted by molar-refractivity contribution is -0.104. The lowest BCUT2D eigenvalue weighted by atomic mass is 10.2. The van der Waals surface area contributed by atoms with Crippen LogP contribution in [0.2, 0.25) is 18.1 Å². The van der Waals surface area contributed by atoms with Crippen LogP contribution in [0.4, 0.5) is 0 Å². The molecule has 0 N–H and O–H groups in total. The number of rotatable bonds is 6. The highest BCUT2D eigenvalue weighted by Gasteiger charge is 2.36. The molecule has 0 amide bonds. The molecule has 0 aromatic heterocycles. The van der Waals surface area contributed by atoms with Crippen molar-refractivity contribution in [3.8, 4) is 0 Å². The van der Waals surface area contributed by atoms with Crippen LogP contribution in [-0.2, 0) is 9.22 Å². The summed E-state index contributed by atoms with van der Waals surface area (Å²) in [6, 6.07) is 0. The Morgan fingerprint density at radius 2 is 1.88 bits per heavy atom. The van der Waals surface area contributed by atoms with Crippen molar-refractivity contribution in [2.24, 2.45) is 0 Å². The first-order valence-electron chi connectivity index (χ1n) is 5.95. The number of carbonyl (C=O) groups is 1. The van der Waals surface area contributed by atoms with E-state index in [1.165, 1.54) is 0 Å². The molecule has 0 aliphatic carbocycles. The molecule has 0 aliphatic heterocycles. The van der Waals surface area contributed by atoms with Crippen LogP contribution >= 0.6 is 0 Å². The topological polar surface area (TPSA) is 26.3 Å². The maximum Gasteiger partial charge on any atom is 0.191 e. The highest BCUT2D eigenvalue weighted by Crippen LogP contribution is 2.36. The Kier molecular flexibility index (Phi) is 6.19. The van der Waals surface area contributed by atoms with Crippen LogP contribution in [0.5, 0.6) is 0 Å². The third kappa shape index (κ3) is 5.61. The van der Waals surface area contributed by atoms with Crippen molar-refractivity contribution in [3.05, 3.63) is 11.6 Å². The number of aldehydes is 1. The Bertz CT molecular complexity index is 249. The molecule has 3 heteroatoms. The van der Waals surface area contributed by atoms with E-state index in [0.29, 0.717) is 0 Å². The van der Waals surface area contributed by atoms with Crippen LogP contribution in [0, 0.1) is 0 Å². The molecule has 0 rings (SSSR count). The predicted molar refractivity (Wildman–Crippen MR) is 72.2 cm³/mol. The van der Waals surface area contributed by atoms with Gasteiger partial charge >= 0.3 is 0 Å². The van der Waals surface area contributed by atoms with Gasteiger partial charge in [0.05, 0.1) is 0 Å². The molecule has 16 heavy (non-hydrogen) atoms. The Labute approximate surface area is 101 Å². The van der Waals surface area contributed by atoms with Crippen LogP contribution in [-0.4, -0.2) is 21.2 Å². The van der Waals surface area contributed by atoms with E-state index < -0.39 is 8.32 Å². The Morgan fingerprint density at radius 3 is 2.31 bits per heavy atom. The quantitative estimate of drug-likeness (QED) is 0.305. The first-order valence-corrected chi connectivity index (χ1v) is 8.86. The fourth-order valence-corrected chi connectivity index (χ4v) is 2.18. The van der Waals surface area contributed by atoms with Crippen molar-refractivity contribution in [2.45, 2.75) is 58.7 Å². The second-order valence-corrected chi connectivity index (χ2v) is 10.7. The van der Waals surface area contributed by atoms with Gasteiger partial charge in [-0.15, -0.1) is 0 Å². The lowest BCUT2D eigenvalue weighted by Crippen LogP contribution is -2.40. The van der Waals surface area contributed by atoms with E-state index in [0.717, 1.165) is 31.3 Å². The molecule has 0 spiro atoms. The Hall–Kier alpha value is -0.413. The minimum atomic E-state index is -1.58. The average Bonchev–Trinajstić information content (AvgIpc) is 2.11. The van der Waals surface area contributed by atoms with Crippen LogP contribution < -0.4 is 0 Å². The summed E-state index contributed by atoms with van der Waals surface area (Å²) < 4.78 is 6.05. The summed E-state index contributed by atoms with van der Waals surface area (Å²) in [4.78, 5) is 10.2. The highest BCUT2D eigenvalue weighted by molar-refractivity contribution is 6.74. The average molecular weight is 242 g/mol. The first-order chi connectivity index (χ1) is 7.20. The van der Waals surface area contributed by atoms with Gasteiger partial charge in [0.2, 0.25) is 0 Å². The molecular weight excluding hydrogens is 216 g/mol. The molecule has 0 aromatic rings. The largest absolute Gasteiger partial charge is 0.417 e. The molecule has 0 bridgehead atoms. The standard InChI is InChI=1S/C13H26O2Si/c1-12(9-10-14)8-7-11-15-16(5,6)13(2,3)4/h9-10H,7-8,11H2,1-6H3/b12-9-. The van der Waals surface area contributed by atoms with E-state index in [4.69, 9.17) is 4.43 Å². The van der Waals surface area contributed by atoms with Gasteiger partial charge in [0.15, 0.2) is 8.32 Å². The van der Waals surface area contributed by atoms with Gasteiger partial charge in [-0.1, -0.05) is 26.3 Å². The third-order valence-corrected chi connectivity index (χ3v) is 7.88. The highest BCUT2D eigenvalue weighted by atomic mass is 28.4. The monoisotopic (exact) mass is 242 g/mol. The van der Waals surface area contributed by atoms with Crippen molar-refractivity contribution in [1.82, 2.24) is 0 Å². The maximum absolute atomic E-state index is 10.2. The van der Waals surface area contributed by atoms with Gasteiger partial charge in [-0.25, -0.2) is 0 Å². The Morgan fingerprint density at radius 1 is 1.31 bits per heavy atom. The summed E-state index contributed by atoms with van der Waals surface area (Å²) >= 11 is 0. The van der Waals surface area contributed by atoms with Crippen LogP contribution in [0.3, 0.4) is 0 Å². The number of hydrogen-bond acceptors (Lipinski definition) is 2. The maximum atomic E-state index is 10.2. The fraction of sp³-hybridized carbons (Fsp3) is 0.769. The van der Waals surface area contributed by atoms with Gasteiger partial charge in [-0.3, -0.25) is 4.79 Å². The molecule has 0 unspecified atom stereocenters. The van der Waals surface area contributed by atoms with Gasteiger partial charge in [-0.05, 0) is 44.0 Å². The second kappa shape index (κ2) is 6.35. The van der Waals surface area contributed by atoms with Gasteiger partial charge in [0.25, 0.3) is 0 Å². The van der Waals surface area contributed by atoms with Crippen molar-refractivity contribution in [2.75, 3.05) is 6.61 Å². The summed E-state index contributed by atoms with van der Waals surface area (Å²) in [5, 5.41) is 0.278. The smallest absolute Gasteiger partial charge is 0.191 e. The van der Waals surface area contributed by atoms with E-state index in [2.05, 4.69) is 33.9 Å². The van der Waals surface area contributed by atoms with Crippen molar-refractivity contribution in [3.63, 3.8) is 0 Å². The minimum absolute atomic E-state index is 0.278. The molecule has 0 heterocycles. The number of allylic oxidation sites excluding steroid dienone is 2. The molecule has 0 aliphatic rings. The van der Waals surface area contributed by atoms with E-state index in [9.17, 15) is 4.79 Å². The second-order valence-electron chi connectivity index (χ2n) is 5.86. The lowest BCUT2D eigenvalue weighted by Gasteiger charge is -2.36. The molecule has 0 saturated heterocycles. The van der Waals surface area contributed by atoms with E-state index >= 15 is 0 Å². The molecule has 0 aromatic carbocycles. The molecule has 0 radical (unpaired) electrons. The molecule has 0 atom stereocenters. The zero-order chi connectivity index (χ0) is 12.8. The summed E-state index contributed by atoms with van der Waals surface area (Å²) in [5.41, 5.74) is 1.13. The zero-order valence-corrected chi connectivity index (χ0v) is 12.6. The van der Waals surface area contributed by atoms with Crippen LogP contribution in [0.15, 0.2) is 11.6 Å². The molecular formula is C13H26O2Si. The summed E-state index contributed by atoms with van der Waals surface area (Å²) in [6.07, 6.45) is 4.44. The minimum Gasteiger partial charge on any atom is -0.417 e. The van der Waals surface area contributed by atoms with Crippen LogP contribution in [0.25, 0.3) is 0 Å². The molecule has 2 nitrogen and oxygen atoms in total. The van der Waals surface area contributed by atoms with E-state index in [1.807, 2.05) is 6.92 Å². The van der Waals surface area contributed by atoms with Crippen molar-refractivity contribution >= 4 is 14.6 Å². The fourth-order valence-electron chi connectivity index (χ4n) is 1.09. The summed E-state index contributed by atoms with van der Waals surface area (Å²) in [5.74, 6) is 0. The normalized spacial score (nSPS) is 14.0. The summed E-state index contributed by atoms with van der Waals surface area (Å²) in [7, 11) is -1.58. The van der Waals surface area contributed by atoms with Gasteiger partial charge in [-0.2, -0.15) is 0 Å². The van der Waals surface area contributed by atoms with Crippen molar-refractivity contribution in [1.29, 1.82) is 0 Å². The van der Waals surface area contributed by atoms with E-state index in [-0.39, 0.29) is 5.04 Å². The van der Waals surface area contributed by atoms with Gasteiger partial charge < -0.3 is 4.43 Å². The third-order valence-electron chi connectivity index (χ3n) is 3.34. The van der Waals surface area contributed by atoms with Crippen molar-refractivity contribution < 1.29 is 9.22 Å². The SMILES string of the molecule is C/C(=C/C=O)CCCO[Si](C)(C)C(C)(C)C. The Balaban J connectivity index is 3.91. The summed E-state index contributed by atoms with van der Waals surface area (Å²) in [6.45, 7) is 14.1. The van der Waals surface area contributed by atoms with E-state index in [1.54, 1.807) is 6.08 Å². The zero-order valence-electron chi connectivity index (χ0n) is 11.6. The van der Waals surface area contributed by atoms with Crippen LogP contribution in [0.1, 0.15) is 40.5 Å². The first kappa shape index (κ1) is 15.6. The van der Waals surface area contributed by atoms with Gasteiger partial charge in [0.1, 0.15) is 6.29 Å². The molecule has 0 saturated carbocycles.